The fourth-order valence-corrected chi connectivity index (χ4v) is 1.47. The van der Waals surface area contributed by atoms with Crippen LogP contribution in [-0.4, -0.2) is 24.0 Å². The molecule has 0 aliphatic rings. The van der Waals surface area contributed by atoms with Crippen LogP contribution in [0.25, 0.3) is 0 Å². The Balaban J connectivity index is 3.02. The van der Waals surface area contributed by atoms with E-state index >= 15 is 0 Å². The van der Waals surface area contributed by atoms with Crippen molar-refractivity contribution < 1.29 is 14.5 Å². The van der Waals surface area contributed by atoms with E-state index in [2.05, 4.69) is 5.32 Å². The van der Waals surface area contributed by atoms with E-state index in [4.69, 9.17) is 4.74 Å². The van der Waals surface area contributed by atoms with Crippen molar-refractivity contribution in [3.8, 4) is 0 Å². The van der Waals surface area contributed by atoms with Crippen LogP contribution in [0, 0.1) is 24.0 Å². The smallest absolute Gasteiger partial charge is 0.272 e. The lowest BCUT2D eigenvalue weighted by Gasteiger charge is -2.13. The van der Waals surface area contributed by atoms with Gasteiger partial charge in [-0.3, -0.25) is 14.9 Å². The first-order chi connectivity index (χ1) is 8.36. The monoisotopic (exact) mass is 252 g/mol. The summed E-state index contributed by atoms with van der Waals surface area (Å²) in [6.45, 7) is 4.97. The molecule has 1 atom stereocenters. The Morgan fingerprint density at radius 1 is 1.39 bits per heavy atom. The third-order valence-electron chi connectivity index (χ3n) is 2.72. The molecule has 0 saturated heterocycles. The molecular weight excluding hydrogens is 236 g/mol. The van der Waals surface area contributed by atoms with Crippen molar-refractivity contribution in [2.75, 3.05) is 12.4 Å². The summed E-state index contributed by atoms with van der Waals surface area (Å²) >= 11 is 0. The number of nitrogens with one attached hydrogen (secondary N) is 1. The number of nitro benzene ring substituents is 1. The molecular formula is C12H16N2O4. The van der Waals surface area contributed by atoms with Crippen molar-refractivity contribution in [3.05, 3.63) is 33.4 Å². The number of aryl methyl sites for hydroxylation is 2. The second-order valence-electron chi connectivity index (χ2n) is 4.08. The molecule has 18 heavy (non-hydrogen) atoms. The average molecular weight is 252 g/mol. The molecule has 0 bridgehead atoms. The molecule has 1 aromatic rings. The number of carbonyl (C=O) groups excluding carboxylic acids is 1. The predicted molar refractivity (Wildman–Crippen MR) is 67.7 cm³/mol. The SMILES string of the molecule is COC(C)C(=O)Nc1cc(C)c([N+](=O)[O-])cc1C. The number of hydrogen-bond donors (Lipinski definition) is 1. The predicted octanol–water partition coefficient (Wildman–Crippen LogP) is 2.19. The summed E-state index contributed by atoms with van der Waals surface area (Å²) in [5.41, 5.74) is 1.76. The summed E-state index contributed by atoms with van der Waals surface area (Å²) in [5.74, 6) is -0.283. The molecule has 0 spiro atoms. The molecule has 1 aromatic carbocycles. The fourth-order valence-electron chi connectivity index (χ4n) is 1.47. The van der Waals surface area contributed by atoms with Crippen molar-refractivity contribution in [3.63, 3.8) is 0 Å². The summed E-state index contributed by atoms with van der Waals surface area (Å²) in [5, 5.41) is 13.4. The Morgan fingerprint density at radius 3 is 2.50 bits per heavy atom. The summed E-state index contributed by atoms with van der Waals surface area (Å²) in [6, 6.07) is 3.04. The number of methoxy groups -OCH3 is 1. The minimum absolute atomic E-state index is 0.0466. The Hall–Kier alpha value is -1.95. The van der Waals surface area contributed by atoms with E-state index in [9.17, 15) is 14.9 Å². The van der Waals surface area contributed by atoms with E-state index in [1.165, 1.54) is 13.2 Å². The van der Waals surface area contributed by atoms with Gasteiger partial charge in [0.15, 0.2) is 0 Å². The number of benzene rings is 1. The largest absolute Gasteiger partial charge is 0.372 e. The van der Waals surface area contributed by atoms with Crippen molar-refractivity contribution in [1.29, 1.82) is 0 Å². The van der Waals surface area contributed by atoms with Crippen LogP contribution in [0.15, 0.2) is 12.1 Å². The van der Waals surface area contributed by atoms with Crippen LogP contribution >= 0.6 is 0 Å². The lowest BCUT2D eigenvalue weighted by Crippen LogP contribution is -2.26. The number of carbonyl (C=O) groups is 1. The Bertz CT molecular complexity index is 485. The summed E-state index contributed by atoms with van der Waals surface area (Å²) in [7, 11) is 1.44. The Kier molecular flexibility index (Phi) is 4.38. The molecule has 1 N–H and O–H groups in total. The van der Waals surface area contributed by atoms with Crippen molar-refractivity contribution in [2.24, 2.45) is 0 Å². The van der Waals surface area contributed by atoms with Gasteiger partial charge in [-0.1, -0.05) is 0 Å². The van der Waals surface area contributed by atoms with Crippen LogP contribution in [0.4, 0.5) is 11.4 Å². The standard InChI is InChI=1S/C12H16N2O4/c1-7-6-11(14(16)17)8(2)5-10(7)13-12(15)9(3)18-4/h5-6,9H,1-4H3,(H,13,15). The highest BCUT2D eigenvalue weighted by atomic mass is 16.6. The van der Waals surface area contributed by atoms with Gasteiger partial charge in [-0.2, -0.15) is 0 Å². The zero-order valence-electron chi connectivity index (χ0n) is 10.8. The molecule has 0 aliphatic heterocycles. The van der Waals surface area contributed by atoms with E-state index in [1.807, 2.05) is 0 Å². The first-order valence-electron chi connectivity index (χ1n) is 5.46. The lowest BCUT2D eigenvalue weighted by atomic mass is 10.1. The maximum atomic E-state index is 11.7. The highest BCUT2D eigenvalue weighted by molar-refractivity contribution is 5.94. The fraction of sp³-hybridized carbons (Fsp3) is 0.417. The number of nitrogens with zero attached hydrogens (tertiary/aromatic N) is 1. The molecule has 1 unspecified atom stereocenters. The highest BCUT2D eigenvalue weighted by Gasteiger charge is 2.17. The molecule has 98 valence electrons. The molecule has 1 amide bonds. The Labute approximate surface area is 105 Å². The quantitative estimate of drug-likeness (QED) is 0.657. The van der Waals surface area contributed by atoms with Gasteiger partial charge in [-0.05, 0) is 32.4 Å². The third kappa shape index (κ3) is 3.04. The molecule has 0 aromatic heterocycles. The highest BCUT2D eigenvalue weighted by Crippen LogP contribution is 2.26. The molecule has 6 heteroatoms. The molecule has 1 rings (SSSR count). The minimum Gasteiger partial charge on any atom is -0.372 e. The van der Waals surface area contributed by atoms with Gasteiger partial charge in [-0.15, -0.1) is 0 Å². The van der Waals surface area contributed by atoms with Crippen LogP contribution in [-0.2, 0) is 9.53 Å². The molecule has 0 heterocycles. The van der Waals surface area contributed by atoms with E-state index in [0.717, 1.165) is 0 Å². The zero-order valence-corrected chi connectivity index (χ0v) is 10.8. The van der Waals surface area contributed by atoms with Crippen LogP contribution in [0.2, 0.25) is 0 Å². The zero-order chi connectivity index (χ0) is 13.9. The van der Waals surface area contributed by atoms with Crippen molar-refractivity contribution in [1.82, 2.24) is 0 Å². The lowest BCUT2D eigenvalue weighted by molar-refractivity contribution is -0.385. The van der Waals surface area contributed by atoms with Crippen molar-refractivity contribution >= 4 is 17.3 Å². The molecule has 0 aliphatic carbocycles. The number of anilines is 1. The van der Waals surface area contributed by atoms with Crippen LogP contribution in [0.1, 0.15) is 18.1 Å². The van der Waals surface area contributed by atoms with Crippen molar-refractivity contribution in [2.45, 2.75) is 26.9 Å². The molecule has 6 nitrogen and oxygen atoms in total. The topological polar surface area (TPSA) is 81.5 Å². The van der Waals surface area contributed by atoms with E-state index in [0.29, 0.717) is 16.8 Å². The van der Waals surface area contributed by atoms with Gasteiger partial charge >= 0.3 is 0 Å². The van der Waals surface area contributed by atoms with Crippen LogP contribution in [0.3, 0.4) is 0 Å². The number of rotatable bonds is 4. The first-order valence-corrected chi connectivity index (χ1v) is 5.46. The van der Waals surface area contributed by atoms with Gasteiger partial charge in [0.2, 0.25) is 0 Å². The third-order valence-corrected chi connectivity index (χ3v) is 2.72. The molecule has 0 radical (unpaired) electrons. The van der Waals surface area contributed by atoms with Gasteiger partial charge in [0.1, 0.15) is 6.10 Å². The second kappa shape index (κ2) is 5.59. The van der Waals surface area contributed by atoms with Gasteiger partial charge in [0.25, 0.3) is 11.6 Å². The Morgan fingerprint density at radius 2 is 2.00 bits per heavy atom. The maximum Gasteiger partial charge on any atom is 0.272 e. The molecule has 0 fully saturated rings. The number of nitro groups is 1. The van der Waals surface area contributed by atoms with Gasteiger partial charge < -0.3 is 10.1 Å². The number of amides is 1. The van der Waals surface area contributed by atoms with E-state index < -0.39 is 11.0 Å². The first kappa shape index (κ1) is 14.1. The maximum absolute atomic E-state index is 11.7. The van der Waals surface area contributed by atoms with Gasteiger partial charge in [0.05, 0.1) is 4.92 Å². The normalized spacial score (nSPS) is 12.0. The van der Waals surface area contributed by atoms with Gasteiger partial charge in [-0.25, -0.2) is 0 Å². The van der Waals surface area contributed by atoms with E-state index in [-0.39, 0.29) is 11.6 Å². The summed E-state index contributed by atoms with van der Waals surface area (Å²) in [6.07, 6.45) is -0.570. The summed E-state index contributed by atoms with van der Waals surface area (Å²) in [4.78, 5) is 22.0. The molecule has 0 saturated carbocycles. The van der Waals surface area contributed by atoms with Gasteiger partial charge in [0, 0.05) is 24.4 Å². The van der Waals surface area contributed by atoms with Crippen LogP contribution < -0.4 is 5.32 Å². The second-order valence-corrected chi connectivity index (χ2v) is 4.08. The number of hydrogen-bond acceptors (Lipinski definition) is 4. The van der Waals surface area contributed by atoms with Crippen LogP contribution in [0.5, 0.6) is 0 Å². The summed E-state index contributed by atoms with van der Waals surface area (Å²) < 4.78 is 4.90. The number of ether oxygens (including phenoxy) is 1. The minimum atomic E-state index is -0.570. The average Bonchev–Trinajstić information content (AvgIpc) is 2.31. The van der Waals surface area contributed by atoms with E-state index in [1.54, 1.807) is 26.8 Å².